The standard InChI is InChI=1S/C8H11NS/c1-5(2)8-6(3)10-7(4)9-8/h1H2,2-4H3. The highest BCUT2D eigenvalue weighted by Crippen LogP contribution is 2.21. The van der Waals surface area contributed by atoms with Gasteiger partial charge in [-0.3, -0.25) is 0 Å². The molecule has 1 rings (SSSR count). The summed E-state index contributed by atoms with van der Waals surface area (Å²) in [6, 6.07) is 0. The zero-order valence-corrected chi connectivity index (χ0v) is 7.38. The largest absolute Gasteiger partial charge is 0.242 e. The van der Waals surface area contributed by atoms with Gasteiger partial charge in [-0.05, 0) is 26.3 Å². The van der Waals surface area contributed by atoms with Crippen LogP contribution in [0, 0.1) is 13.8 Å². The zero-order chi connectivity index (χ0) is 7.72. The van der Waals surface area contributed by atoms with Crippen molar-refractivity contribution in [1.29, 1.82) is 0 Å². The second-order valence-electron chi connectivity index (χ2n) is 2.42. The fourth-order valence-electron chi connectivity index (χ4n) is 0.925. The van der Waals surface area contributed by atoms with E-state index in [1.165, 1.54) is 4.88 Å². The second kappa shape index (κ2) is 2.54. The quantitative estimate of drug-likeness (QED) is 0.604. The van der Waals surface area contributed by atoms with E-state index >= 15 is 0 Å². The van der Waals surface area contributed by atoms with Gasteiger partial charge < -0.3 is 0 Å². The lowest BCUT2D eigenvalue weighted by molar-refractivity contribution is 1.24. The van der Waals surface area contributed by atoms with E-state index in [9.17, 15) is 0 Å². The van der Waals surface area contributed by atoms with Crippen molar-refractivity contribution < 1.29 is 0 Å². The summed E-state index contributed by atoms with van der Waals surface area (Å²) >= 11 is 1.73. The number of hydrogen-bond acceptors (Lipinski definition) is 2. The molecule has 0 N–H and O–H groups in total. The molecule has 1 aromatic heterocycles. The summed E-state index contributed by atoms with van der Waals surface area (Å²) < 4.78 is 0. The van der Waals surface area contributed by atoms with Gasteiger partial charge in [-0.25, -0.2) is 4.98 Å². The maximum Gasteiger partial charge on any atom is 0.0904 e. The Hall–Kier alpha value is -0.630. The first kappa shape index (κ1) is 7.48. The number of aryl methyl sites for hydroxylation is 2. The summed E-state index contributed by atoms with van der Waals surface area (Å²) in [5.41, 5.74) is 2.13. The van der Waals surface area contributed by atoms with Crippen molar-refractivity contribution in [3.05, 3.63) is 22.2 Å². The molecule has 0 aliphatic rings. The first-order valence-corrected chi connectivity index (χ1v) is 4.03. The highest BCUT2D eigenvalue weighted by molar-refractivity contribution is 7.11. The number of thiazole rings is 1. The monoisotopic (exact) mass is 153 g/mol. The molecule has 0 bridgehead atoms. The smallest absolute Gasteiger partial charge is 0.0904 e. The van der Waals surface area contributed by atoms with Crippen molar-refractivity contribution in [2.75, 3.05) is 0 Å². The second-order valence-corrected chi connectivity index (χ2v) is 3.83. The van der Waals surface area contributed by atoms with E-state index < -0.39 is 0 Å². The predicted molar refractivity (Wildman–Crippen MR) is 46.3 cm³/mol. The molecular weight excluding hydrogens is 142 g/mol. The van der Waals surface area contributed by atoms with Crippen LogP contribution in [0.1, 0.15) is 22.5 Å². The maximum atomic E-state index is 4.33. The Morgan fingerprint density at radius 2 is 2.10 bits per heavy atom. The first-order valence-electron chi connectivity index (χ1n) is 3.21. The lowest BCUT2D eigenvalue weighted by Gasteiger charge is -1.91. The summed E-state index contributed by atoms with van der Waals surface area (Å²) in [7, 11) is 0. The minimum absolute atomic E-state index is 1.06. The summed E-state index contributed by atoms with van der Waals surface area (Å²) in [5, 5.41) is 1.12. The highest BCUT2D eigenvalue weighted by atomic mass is 32.1. The fourth-order valence-corrected chi connectivity index (χ4v) is 1.82. The molecule has 0 aliphatic heterocycles. The molecule has 0 saturated heterocycles. The van der Waals surface area contributed by atoms with E-state index in [0.717, 1.165) is 16.3 Å². The van der Waals surface area contributed by atoms with Gasteiger partial charge in [0.25, 0.3) is 0 Å². The van der Waals surface area contributed by atoms with Gasteiger partial charge in [-0.15, -0.1) is 11.3 Å². The molecule has 54 valence electrons. The van der Waals surface area contributed by atoms with E-state index in [1.807, 2.05) is 13.8 Å². The highest BCUT2D eigenvalue weighted by Gasteiger charge is 2.03. The fraction of sp³-hybridized carbons (Fsp3) is 0.375. The number of aromatic nitrogens is 1. The van der Waals surface area contributed by atoms with Crippen LogP contribution in [0.25, 0.3) is 5.57 Å². The van der Waals surface area contributed by atoms with Gasteiger partial charge in [0.05, 0.1) is 10.7 Å². The molecule has 10 heavy (non-hydrogen) atoms. The SMILES string of the molecule is C=C(C)c1nc(C)sc1C. The molecule has 1 aromatic rings. The van der Waals surface area contributed by atoms with Gasteiger partial charge in [-0.1, -0.05) is 6.58 Å². The van der Waals surface area contributed by atoms with Gasteiger partial charge in [0, 0.05) is 4.88 Å². The molecule has 0 saturated carbocycles. The van der Waals surface area contributed by atoms with E-state index in [1.54, 1.807) is 11.3 Å². The molecule has 1 nitrogen and oxygen atoms in total. The molecule has 0 unspecified atom stereocenters. The van der Waals surface area contributed by atoms with E-state index in [4.69, 9.17) is 0 Å². The molecule has 0 spiro atoms. The Kier molecular flexibility index (Phi) is 1.90. The Morgan fingerprint density at radius 1 is 1.50 bits per heavy atom. The maximum absolute atomic E-state index is 4.33. The third-order valence-electron chi connectivity index (χ3n) is 1.31. The molecular formula is C8H11NS. The summed E-state index contributed by atoms with van der Waals surface area (Å²) in [6.45, 7) is 9.93. The lowest BCUT2D eigenvalue weighted by Crippen LogP contribution is -1.79. The predicted octanol–water partition coefficient (Wildman–Crippen LogP) is 2.79. The topological polar surface area (TPSA) is 12.9 Å². The molecule has 0 amide bonds. The molecule has 2 heteroatoms. The van der Waals surface area contributed by atoms with Crippen LogP contribution in [0.3, 0.4) is 0 Å². The molecule has 0 atom stereocenters. The van der Waals surface area contributed by atoms with E-state index in [-0.39, 0.29) is 0 Å². The molecule has 0 aromatic carbocycles. The van der Waals surface area contributed by atoms with Crippen LogP contribution in [0.4, 0.5) is 0 Å². The van der Waals surface area contributed by atoms with Crippen LogP contribution in [0.2, 0.25) is 0 Å². The van der Waals surface area contributed by atoms with Crippen LogP contribution in [-0.2, 0) is 0 Å². The number of nitrogens with zero attached hydrogens (tertiary/aromatic N) is 1. The number of hydrogen-bond donors (Lipinski definition) is 0. The molecule has 0 fully saturated rings. The Bertz CT molecular complexity index is 260. The van der Waals surface area contributed by atoms with Crippen molar-refractivity contribution in [3.63, 3.8) is 0 Å². The van der Waals surface area contributed by atoms with Crippen LogP contribution in [0.5, 0.6) is 0 Å². The molecule has 1 heterocycles. The third-order valence-corrected chi connectivity index (χ3v) is 2.19. The van der Waals surface area contributed by atoms with Gasteiger partial charge in [0.2, 0.25) is 0 Å². The summed E-state index contributed by atoms with van der Waals surface area (Å²) in [6.07, 6.45) is 0. The van der Waals surface area contributed by atoms with Crippen molar-refractivity contribution >= 4 is 16.9 Å². The minimum atomic E-state index is 1.06. The van der Waals surface area contributed by atoms with Crippen LogP contribution >= 0.6 is 11.3 Å². The lowest BCUT2D eigenvalue weighted by atomic mass is 10.2. The van der Waals surface area contributed by atoms with Crippen molar-refractivity contribution in [3.8, 4) is 0 Å². The van der Waals surface area contributed by atoms with Gasteiger partial charge >= 0.3 is 0 Å². The zero-order valence-electron chi connectivity index (χ0n) is 6.56. The molecule has 0 radical (unpaired) electrons. The Balaban J connectivity index is 3.15. The average molecular weight is 153 g/mol. The Labute approximate surface area is 65.4 Å². The average Bonchev–Trinajstić information content (AvgIpc) is 2.10. The van der Waals surface area contributed by atoms with Crippen molar-refractivity contribution in [2.24, 2.45) is 0 Å². The molecule has 0 aliphatic carbocycles. The summed E-state index contributed by atoms with van der Waals surface area (Å²) in [5.74, 6) is 0. The van der Waals surface area contributed by atoms with Gasteiger partial charge in [0.15, 0.2) is 0 Å². The Morgan fingerprint density at radius 3 is 2.30 bits per heavy atom. The normalized spacial score (nSPS) is 9.90. The van der Waals surface area contributed by atoms with E-state index in [0.29, 0.717) is 0 Å². The van der Waals surface area contributed by atoms with Gasteiger partial charge in [-0.2, -0.15) is 0 Å². The van der Waals surface area contributed by atoms with Crippen LogP contribution < -0.4 is 0 Å². The van der Waals surface area contributed by atoms with Crippen LogP contribution in [0.15, 0.2) is 6.58 Å². The van der Waals surface area contributed by atoms with Gasteiger partial charge in [0.1, 0.15) is 0 Å². The minimum Gasteiger partial charge on any atom is -0.242 e. The third kappa shape index (κ3) is 1.27. The number of allylic oxidation sites excluding steroid dienone is 1. The van der Waals surface area contributed by atoms with Crippen LogP contribution in [-0.4, -0.2) is 4.98 Å². The first-order chi connectivity index (χ1) is 4.61. The number of rotatable bonds is 1. The van der Waals surface area contributed by atoms with E-state index in [2.05, 4.69) is 18.5 Å². The van der Waals surface area contributed by atoms with Crippen molar-refractivity contribution in [2.45, 2.75) is 20.8 Å². The summed E-state index contributed by atoms with van der Waals surface area (Å²) in [4.78, 5) is 5.60. The van der Waals surface area contributed by atoms with Crippen molar-refractivity contribution in [1.82, 2.24) is 4.98 Å².